The van der Waals surface area contributed by atoms with E-state index in [4.69, 9.17) is 0 Å². The molecule has 106 valence electrons. The Kier molecular flexibility index (Phi) is 5.20. The average Bonchev–Trinajstić information content (AvgIpc) is 2.36. The fourth-order valence-electron chi connectivity index (χ4n) is 2.89. The Balaban J connectivity index is 1.96. The van der Waals surface area contributed by atoms with Gasteiger partial charge in [-0.3, -0.25) is 0 Å². The Morgan fingerprint density at radius 2 is 1.89 bits per heavy atom. The van der Waals surface area contributed by atoms with E-state index in [1.807, 2.05) is 0 Å². The molecule has 4 heteroatoms. The lowest BCUT2D eigenvalue weighted by Crippen LogP contribution is -2.26. The standard InChI is InChI=1S/C15H20BrF2N/c1-2-3-10-4-6-12(7-5-10)19-15-13(16)8-11(17)9-14(15)18/h8-10,12,19H,2-7H2,1H3. The molecule has 0 unspecified atom stereocenters. The van der Waals surface area contributed by atoms with Crippen molar-refractivity contribution in [2.24, 2.45) is 5.92 Å². The van der Waals surface area contributed by atoms with E-state index in [-0.39, 0.29) is 0 Å². The second-order valence-electron chi connectivity index (χ2n) is 5.40. The molecular weight excluding hydrogens is 312 g/mol. The summed E-state index contributed by atoms with van der Waals surface area (Å²) in [6.07, 6.45) is 7.06. The molecule has 0 heterocycles. The van der Waals surface area contributed by atoms with Crippen molar-refractivity contribution in [2.75, 3.05) is 5.32 Å². The van der Waals surface area contributed by atoms with Gasteiger partial charge in [0.2, 0.25) is 0 Å². The highest BCUT2D eigenvalue weighted by atomic mass is 79.9. The molecule has 19 heavy (non-hydrogen) atoms. The van der Waals surface area contributed by atoms with Gasteiger partial charge in [-0.05, 0) is 53.6 Å². The molecule has 0 bridgehead atoms. The van der Waals surface area contributed by atoms with Crippen LogP contribution in [0.5, 0.6) is 0 Å². The van der Waals surface area contributed by atoms with E-state index in [0.717, 1.165) is 24.8 Å². The van der Waals surface area contributed by atoms with E-state index >= 15 is 0 Å². The van der Waals surface area contributed by atoms with Crippen molar-refractivity contribution < 1.29 is 8.78 Å². The molecule has 0 amide bonds. The normalized spacial score (nSPS) is 23.4. The van der Waals surface area contributed by atoms with E-state index in [1.54, 1.807) is 0 Å². The average molecular weight is 332 g/mol. The molecule has 1 fully saturated rings. The van der Waals surface area contributed by atoms with Gasteiger partial charge in [-0.25, -0.2) is 8.78 Å². The monoisotopic (exact) mass is 331 g/mol. The Morgan fingerprint density at radius 3 is 2.47 bits per heavy atom. The van der Waals surface area contributed by atoms with E-state index in [1.165, 1.54) is 31.7 Å². The molecule has 1 aromatic rings. The number of hydrogen-bond acceptors (Lipinski definition) is 1. The molecule has 1 nitrogen and oxygen atoms in total. The summed E-state index contributed by atoms with van der Waals surface area (Å²) < 4.78 is 27.2. The third-order valence-electron chi connectivity index (χ3n) is 3.90. The highest BCUT2D eigenvalue weighted by Crippen LogP contribution is 2.33. The minimum atomic E-state index is -0.554. The van der Waals surface area contributed by atoms with Gasteiger partial charge in [-0.15, -0.1) is 0 Å². The van der Waals surface area contributed by atoms with Crippen LogP contribution < -0.4 is 5.32 Å². The predicted octanol–water partition coefficient (Wildman–Crippen LogP) is 5.50. The molecule has 0 aliphatic heterocycles. The lowest BCUT2D eigenvalue weighted by molar-refractivity contribution is 0.318. The highest BCUT2D eigenvalue weighted by Gasteiger charge is 2.22. The van der Waals surface area contributed by atoms with Crippen LogP contribution in [-0.4, -0.2) is 6.04 Å². The molecule has 0 radical (unpaired) electrons. The number of halogens is 3. The molecule has 1 aromatic carbocycles. The number of benzene rings is 1. The first-order chi connectivity index (χ1) is 9.10. The second kappa shape index (κ2) is 6.69. The topological polar surface area (TPSA) is 12.0 Å². The van der Waals surface area contributed by atoms with Crippen molar-refractivity contribution in [3.8, 4) is 0 Å². The predicted molar refractivity (Wildman–Crippen MR) is 78.3 cm³/mol. The maximum Gasteiger partial charge on any atom is 0.150 e. The van der Waals surface area contributed by atoms with Crippen LogP contribution in [0.4, 0.5) is 14.5 Å². The summed E-state index contributed by atoms with van der Waals surface area (Å²) in [5.41, 5.74) is 0.389. The first-order valence-electron chi connectivity index (χ1n) is 7.01. The van der Waals surface area contributed by atoms with E-state index in [0.29, 0.717) is 16.2 Å². The quantitative estimate of drug-likeness (QED) is 0.768. The van der Waals surface area contributed by atoms with Gasteiger partial charge in [0.25, 0.3) is 0 Å². The van der Waals surface area contributed by atoms with Crippen LogP contribution in [0.15, 0.2) is 16.6 Å². The molecule has 1 N–H and O–H groups in total. The highest BCUT2D eigenvalue weighted by molar-refractivity contribution is 9.10. The largest absolute Gasteiger partial charge is 0.379 e. The van der Waals surface area contributed by atoms with Crippen molar-refractivity contribution in [2.45, 2.75) is 51.5 Å². The van der Waals surface area contributed by atoms with Crippen LogP contribution in [0.3, 0.4) is 0 Å². The van der Waals surface area contributed by atoms with Crippen LogP contribution in [-0.2, 0) is 0 Å². The SMILES string of the molecule is CCCC1CCC(Nc2c(F)cc(F)cc2Br)CC1. The lowest BCUT2D eigenvalue weighted by atomic mass is 9.83. The second-order valence-corrected chi connectivity index (χ2v) is 6.25. The van der Waals surface area contributed by atoms with Gasteiger partial charge < -0.3 is 5.32 Å². The molecule has 0 atom stereocenters. The van der Waals surface area contributed by atoms with Crippen molar-refractivity contribution in [1.82, 2.24) is 0 Å². The number of anilines is 1. The smallest absolute Gasteiger partial charge is 0.150 e. The van der Waals surface area contributed by atoms with Gasteiger partial charge in [0.1, 0.15) is 11.6 Å². The molecular formula is C15H20BrF2N. The van der Waals surface area contributed by atoms with Gasteiger partial charge in [0.15, 0.2) is 0 Å². The summed E-state index contributed by atoms with van der Waals surface area (Å²) in [5, 5.41) is 3.22. The zero-order valence-corrected chi connectivity index (χ0v) is 12.8. The zero-order valence-electron chi connectivity index (χ0n) is 11.2. The van der Waals surface area contributed by atoms with Gasteiger partial charge >= 0.3 is 0 Å². The third-order valence-corrected chi connectivity index (χ3v) is 4.52. The molecule has 1 aliphatic rings. The Bertz CT molecular complexity index is 405. The summed E-state index contributed by atoms with van der Waals surface area (Å²) in [6, 6.07) is 2.52. The van der Waals surface area contributed by atoms with Gasteiger partial charge in [-0.2, -0.15) is 0 Å². The first-order valence-corrected chi connectivity index (χ1v) is 7.80. The van der Waals surface area contributed by atoms with E-state index in [9.17, 15) is 8.78 Å². The van der Waals surface area contributed by atoms with Crippen LogP contribution in [0, 0.1) is 17.6 Å². The van der Waals surface area contributed by atoms with Crippen molar-refractivity contribution in [1.29, 1.82) is 0 Å². The molecule has 0 saturated heterocycles. The maximum absolute atomic E-state index is 13.7. The minimum Gasteiger partial charge on any atom is -0.379 e. The fourth-order valence-corrected chi connectivity index (χ4v) is 3.41. The zero-order chi connectivity index (χ0) is 13.8. The Morgan fingerprint density at radius 1 is 1.21 bits per heavy atom. The summed E-state index contributed by atoms with van der Waals surface area (Å²) in [6.45, 7) is 2.22. The fraction of sp³-hybridized carbons (Fsp3) is 0.600. The number of nitrogens with one attached hydrogen (secondary N) is 1. The van der Waals surface area contributed by atoms with Crippen LogP contribution in [0.25, 0.3) is 0 Å². The van der Waals surface area contributed by atoms with E-state index < -0.39 is 11.6 Å². The van der Waals surface area contributed by atoms with Crippen LogP contribution >= 0.6 is 15.9 Å². The molecule has 2 rings (SSSR count). The van der Waals surface area contributed by atoms with Gasteiger partial charge in [-0.1, -0.05) is 19.8 Å². The first kappa shape index (κ1) is 14.8. The molecule has 0 aromatic heterocycles. The summed E-state index contributed by atoms with van der Waals surface area (Å²) in [7, 11) is 0. The van der Waals surface area contributed by atoms with Crippen molar-refractivity contribution in [3.05, 3.63) is 28.2 Å². The van der Waals surface area contributed by atoms with Gasteiger partial charge in [0, 0.05) is 16.6 Å². The summed E-state index contributed by atoms with van der Waals surface area (Å²) in [4.78, 5) is 0. The van der Waals surface area contributed by atoms with Gasteiger partial charge in [0.05, 0.1) is 5.69 Å². The van der Waals surface area contributed by atoms with Crippen molar-refractivity contribution in [3.63, 3.8) is 0 Å². The van der Waals surface area contributed by atoms with Crippen LogP contribution in [0.2, 0.25) is 0 Å². The molecule has 0 spiro atoms. The summed E-state index contributed by atoms with van der Waals surface area (Å²) in [5.74, 6) is -0.256. The lowest BCUT2D eigenvalue weighted by Gasteiger charge is -2.30. The maximum atomic E-state index is 13.7. The minimum absolute atomic E-state index is 0.296. The van der Waals surface area contributed by atoms with Crippen molar-refractivity contribution >= 4 is 21.6 Å². The molecule has 1 aliphatic carbocycles. The van der Waals surface area contributed by atoms with E-state index in [2.05, 4.69) is 28.2 Å². The Hall–Kier alpha value is -0.640. The number of rotatable bonds is 4. The summed E-state index contributed by atoms with van der Waals surface area (Å²) >= 11 is 3.22. The number of hydrogen-bond donors (Lipinski definition) is 1. The third kappa shape index (κ3) is 3.91. The Labute approximate surface area is 121 Å². The molecule has 1 saturated carbocycles. The van der Waals surface area contributed by atoms with Crippen LogP contribution in [0.1, 0.15) is 45.4 Å².